The van der Waals surface area contributed by atoms with Gasteiger partial charge in [0.1, 0.15) is 18.1 Å². The highest BCUT2D eigenvalue weighted by Crippen LogP contribution is 2.45. The van der Waals surface area contributed by atoms with Crippen LogP contribution in [0.25, 0.3) is 5.76 Å². The number of aliphatic hydroxyl groups is 1. The van der Waals surface area contributed by atoms with Crippen LogP contribution in [0.15, 0.2) is 78.4 Å². The Morgan fingerprint density at radius 2 is 1.72 bits per heavy atom. The van der Waals surface area contributed by atoms with Crippen molar-refractivity contribution in [1.82, 2.24) is 4.98 Å². The van der Waals surface area contributed by atoms with Gasteiger partial charge in [-0.2, -0.15) is 0 Å². The number of aryl methyl sites for hydroxylation is 1. The van der Waals surface area contributed by atoms with E-state index in [0.717, 1.165) is 16.9 Å². The maximum Gasteiger partial charge on any atom is 0.301 e. The van der Waals surface area contributed by atoms with Crippen LogP contribution in [-0.2, 0) is 16.2 Å². The van der Waals surface area contributed by atoms with Crippen LogP contribution in [0.1, 0.15) is 51.9 Å². The molecule has 10 heteroatoms. The Labute approximate surface area is 253 Å². The van der Waals surface area contributed by atoms with E-state index in [-0.39, 0.29) is 22.2 Å². The highest BCUT2D eigenvalue weighted by molar-refractivity contribution is 7.18. The third-order valence-corrected chi connectivity index (χ3v) is 8.20. The van der Waals surface area contributed by atoms with Crippen molar-refractivity contribution in [2.45, 2.75) is 33.4 Å². The molecule has 43 heavy (non-hydrogen) atoms. The number of hydrogen-bond donors (Lipinski definition) is 1. The molecule has 1 amide bonds. The molecule has 0 aliphatic carbocycles. The van der Waals surface area contributed by atoms with Gasteiger partial charge in [-0.15, -0.1) is 0 Å². The van der Waals surface area contributed by atoms with E-state index in [1.165, 1.54) is 18.9 Å². The molecule has 2 heterocycles. The maximum atomic E-state index is 13.6. The first-order chi connectivity index (χ1) is 20.7. The number of nitrogens with zero attached hydrogens (tertiary/aromatic N) is 2. The molecule has 3 aromatic carbocycles. The van der Waals surface area contributed by atoms with Gasteiger partial charge in [-0.25, -0.2) is 4.98 Å². The van der Waals surface area contributed by atoms with E-state index >= 15 is 0 Å². The molecule has 1 fully saturated rings. The number of Topliss-reactive ketones (excluding diaryl/α,β-unsaturated/α-hetero) is 2. The van der Waals surface area contributed by atoms with Crippen LogP contribution in [0.4, 0.5) is 5.13 Å². The normalized spacial score (nSPS) is 15.9. The van der Waals surface area contributed by atoms with E-state index < -0.39 is 17.7 Å². The number of ether oxygens (including phenoxy) is 3. The molecule has 0 spiro atoms. The van der Waals surface area contributed by atoms with Crippen LogP contribution in [0.5, 0.6) is 17.2 Å². The molecule has 9 nitrogen and oxygen atoms in total. The minimum absolute atomic E-state index is 0.118. The molecule has 5 rings (SSSR count). The molecule has 1 aliphatic heterocycles. The molecular weight excluding hydrogens is 568 g/mol. The number of aliphatic hydroxyl groups excluding tert-OH is 1. The number of rotatable bonds is 10. The average molecular weight is 599 g/mol. The molecule has 0 bridgehead atoms. The lowest BCUT2D eigenvalue weighted by atomic mass is 9.95. The average Bonchev–Trinajstić information content (AvgIpc) is 3.53. The van der Waals surface area contributed by atoms with Gasteiger partial charge in [-0.3, -0.25) is 19.3 Å². The first-order valence-corrected chi connectivity index (χ1v) is 14.4. The zero-order valence-corrected chi connectivity index (χ0v) is 24.9. The van der Waals surface area contributed by atoms with E-state index in [1.54, 1.807) is 49.4 Å². The highest BCUT2D eigenvalue weighted by atomic mass is 32.1. The predicted octanol–water partition coefficient (Wildman–Crippen LogP) is 6.27. The zero-order valence-electron chi connectivity index (χ0n) is 24.1. The van der Waals surface area contributed by atoms with Crippen molar-refractivity contribution in [3.8, 4) is 17.2 Å². The number of carbonyl (C=O) groups is 3. The molecule has 1 N–H and O–H groups in total. The third kappa shape index (κ3) is 5.87. The number of ketones is 2. The number of benzene rings is 3. The summed E-state index contributed by atoms with van der Waals surface area (Å²) < 4.78 is 17.2. The Morgan fingerprint density at radius 3 is 2.35 bits per heavy atom. The van der Waals surface area contributed by atoms with Gasteiger partial charge in [-0.05, 0) is 61.4 Å². The monoisotopic (exact) mass is 598 g/mol. The van der Waals surface area contributed by atoms with Gasteiger partial charge in [0.25, 0.3) is 5.78 Å². The fourth-order valence-electron chi connectivity index (χ4n) is 4.88. The van der Waals surface area contributed by atoms with Crippen LogP contribution in [-0.4, -0.2) is 41.3 Å². The fourth-order valence-corrected chi connectivity index (χ4v) is 5.87. The summed E-state index contributed by atoms with van der Waals surface area (Å²) in [4.78, 5) is 45.5. The van der Waals surface area contributed by atoms with Gasteiger partial charge >= 0.3 is 5.91 Å². The summed E-state index contributed by atoms with van der Waals surface area (Å²) in [6.45, 7) is 5.58. The van der Waals surface area contributed by atoms with Crippen LogP contribution in [0, 0.1) is 6.92 Å². The number of hydrogen-bond acceptors (Lipinski definition) is 9. The van der Waals surface area contributed by atoms with Crippen LogP contribution >= 0.6 is 11.3 Å². The Bertz CT molecular complexity index is 1710. The molecule has 220 valence electrons. The Kier molecular flexibility index (Phi) is 8.58. The van der Waals surface area contributed by atoms with Gasteiger partial charge in [0.15, 0.2) is 22.4 Å². The topological polar surface area (TPSA) is 115 Å². The van der Waals surface area contributed by atoms with E-state index in [2.05, 4.69) is 4.98 Å². The summed E-state index contributed by atoms with van der Waals surface area (Å²) in [5.41, 5.74) is 2.12. The van der Waals surface area contributed by atoms with Gasteiger partial charge < -0.3 is 19.3 Å². The Balaban J connectivity index is 1.64. The second-order valence-corrected chi connectivity index (χ2v) is 10.8. The molecule has 1 unspecified atom stereocenters. The van der Waals surface area contributed by atoms with Gasteiger partial charge in [0, 0.05) is 12.5 Å². The molecule has 0 radical (unpaired) electrons. The minimum atomic E-state index is -1.06. The number of aromatic nitrogens is 1. The van der Waals surface area contributed by atoms with E-state index in [9.17, 15) is 19.5 Å². The van der Waals surface area contributed by atoms with Crippen LogP contribution in [0.3, 0.4) is 0 Å². The van der Waals surface area contributed by atoms with E-state index in [4.69, 9.17) is 14.2 Å². The van der Waals surface area contributed by atoms with Gasteiger partial charge in [0.2, 0.25) is 0 Å². The van der Waals surface area contributed by atoms with E-state index in [1.807, 2.05) is 37.3 Å². The summed E-state index contributed by atoms with van der Waals surface area (Å²) >= 11 is 1.02. The van der Waals surface area contributed by atoms with Crippen molar-refractivity contribution in [3.05, 3.63) is 106 Å². The van der Waals surface area contributed by atoms with E-state index in [0.29, 0.717) is 52.2 Å². The molecular formula is C33H30N2O7S. The van der Waals surface area contributed by atoms with Gasteiger partial charge in [0.05, 0.1) is 35.9 Å². The molecule has 0 saturated carbocycles. The summed E-state index contributed by atoms with van der Waals surface area (Å²) in [6.07, 6.45) is 0. The quantitative estimate of drug-likeness (QED) is 0.0984. The molecule has 4 aromatic rings. The first kappa shape index (κ1) is 29.5. The van der Waals surface area contributed by atoms with Crippen LogP contribution < -0.4 is 19.1 Å². The van der Waals surface area contributed by atoms with Crippen molar-refractivity contribution in [2.75, 3.05) is 18.6 Å². The first-order valence-electron chi connectivity index (χ1n) is 13.6. The summed E-state index contributed by atoms with van der Waals surface area (Å²) in [6, 6.07) is 20.3. The molecule has 1 aromatic heterocycles. The number of thiazole rings is 1. The third-order valence-electron chi connectivity index (χ3n) is 6.94. The van der Waals surface area contributed by atoms with Crippen molar-refractivity contribution in [2.24, 2.45) is 0 Å². The smallest absolute Gasteiger partial charge is 0.301 e. The number of carbonyl (C=O) groups excluding carboxylic acids is 3. The SMILES string of the molecule is CCOc1cc(C2C(=C(O)c3ccc(OC)cc3)C(=O)C(=O)N2c2nc(C)c(C(C)=O)s2)ccc1OCc1ccccc1. The lowest BCUT2D eigenvalue weighted by Crippen LogP contribution is -2.29. The van der Waals surface area contributed by atoms with Crippen molar-refractivity contribution >= 4 is 39.7 Å². The minimum Gasteiger partial charge on any atom is -0.507 e. The largest absolute Gasteiger partial charge is 0.507 e. The van der Waals surface area contributed by atoms with Crippen molar-refractivity contribution in [1.29, 1.82) is 0 Å². The molecule has 1 atom stereocenters. The second-order valence-electron chi connectivity index (χ2n) is 9.78. The number of methoxy groups -OCH3 is 1. The number of amides is 1. The predicted molar refractivity (Wildman–Crippen MR) is 163 cm³/mol. The lowest BCUT2D eigenvalue weighted by molar-refractivity contribution is -0.132. The van der Waals surface area contributed by atoms with Crippen molar-refractivity contribution in [3.63, 3.8) is 0 Å². The Hall–Kier alpha value is -4.96. The Morgan fingerprint density at radius 1 is 1.00 bits per heavy atom. The summed E-state index contributed by atoms with van der Waals surface area (Å²) in [5.74, 6) is -0.849. The van der Waals surface area contributed by atoms with Gasteiger partial charge in [-0.1, -0.05) is 47.7 Å². The zero-order chi connectivity index (χ0) is 30.7. The van der Waals surface area contributed by atoms with Crippen LogP contribution in [0.2, 0.25) is 0 Å². The standard InChI is InChI=1S/C33H30N2O7S/c1-5-41-26-17-23(13-16-25(26)42-18-21-9-7-6-8-10-21)28-27(29(37)22-11-14-24(40-4)15-12-22)30(38)32(39)35(28)33-34-19(2)31(43-33)20(3)36/h6-17,28,37H,5,18H2,1-4H3. The fraction of sp³-hybridized carbons (Fsp3) is 0.212. The number of anilines is 1. The van der Waals surface area contributed by atoms with Crippen molar-refractivity contribution < 1.29 is 33.7 Å². The highest BCUT2D eigenvalue weighted by Gasteiger charge is 2.48. The maximum absolute atomic E-state index is 13.6. The second kappa shape index (κ2) is 12.5. The lowest BCUT2D eigenvalue weighted by Gasteiger charge is -2.24. The summed E-state index contributed by atoms with van der Waals surface area (Å²) in [7, 11) is 1.52. The molecule has 1 aliphatic rings. The molecule has 1 saturated heterocycles. The summed E-state index contributed by atoms with van der Waals surface area (Å²) in [5, 5.41) is 11.6.